The fraction of sp³-hybridized carbons (Fsp3) is 0.222. The summed E-state index contributed by atoms with van der Waals surface area (Å²) in [6.07, 6.45) is 4.31. The van der Waals surface area contributed by atoms with Crippen LogP contribution in [0.4, 0.5) is 0 Å². The molecule has 0 fully saturated rings. The summed E-state index contributed by atoms with van der Waals surface area (Å²) in [5.74, 6) is -2.51. The first-order valence-corrected chi connectivity index (χ1v) is 8.43. The van der Waals surface area contributed by atoms with Gasteiger partial charge in [-0.1, -0.05) is 22.0 Å². The molecule has 2 aromatic rings. The van der Waals surface area contributed by atoms with E-state index in [2.05, 4.69) is 51.0 Å². The van der Waals surface area contributed by atoms with Crippen molar-refractivity contribution in [3.05, 3.63) is 58.2 Å². The molecule has 6 nitrogen and oxygen atoms in total. The SMILES string of the molecule is C[C@H](N)Cn1ccc2c1-c1cc(Br)ccc1C2.O=C(O)/C=C/C(=O)O. The minimum Gasteiger partial charge on any atom is -0.478 e. The molecule has 0 bridgehead atoms. The van der Waals surface area contributed by atoms with E-state index in [1.807, 2.05) is 6.92 Å². The largest absolute Gasteiger partial charge is 0.478 e. The fourth-order valence-corrected chi connectivity index (χ4v) is 3.08. The zero-order chi connectivity index (χ0) is 18.6. The second-order valence-corrected chi connectivity index (χ2v) is 6.72. The number of carboxylic acid groups (broad SMARTS) is 2. The van der Waals surface area contributed by atoms with E-state index in [1.54, 1.807) is 0 Å². The third-order valence-corrected chi connectivity index (χ3v) is 4.10. The highest BCUT2D eigenvalue weighted by atomic mass is 79.9. The number of fused-ring (bicyclic) bond motifs is 3. The third kappa shape index (κ3) is 5.04. The predicted molar refractivity (Wildman–Crippen MR) is 98.4 cm³/mol. The molecule has 0 amide bonds. The highest BCUT2D eigenvalue weighted by Gasteiger charge is 2.22. The summed E-state index contributed by atoms with van der Waals surface area (Å²) in [6, 6.07) is 8.92. The van der Waals surface area contributed by atoms with Gasteiger partial charge in [-0.05, 0) is 36.2 Å². The van der Waals surface area contributed by atoms with Crippen molar-refractivity contribution in [1.82, 2.24) is 4.57 Å². The molecule has 1 heterocycles. The van der Waals surface area contributed by atoms with Gasteiger partial charge in [0.15, 0.2) is 0 Å². The van der Waals surface area contributed by atoms with Gasteiger partial charge in [0.1, 0.15) is 0 Å². The summed E-state index contributed by atoms with van der Waals surface area (Å²) in [5, 5.41) is 15.6. The second kappa shape index (κ2) is 8.13. The van der Waals surface area contributed by atoms with Gasteiger partial charge in [0.05, 0.1) is 5.69 Å². The second-order valence-electron chi connectivity index (χ2n) is 5.81. The molecule has 3 rings (SSSR count). The molecule has 1 atom stereocenters. The topological polar surface area (TPSA) is 106 Å². The predicted octanol–water partition coefficient (Wildman–Crippen LogP) is 2.88. The molecule has 0 saturated carbocycles. The molecule has 1 aromatic heterocycles. The van der Waals surface area contributed by atoms with Crippen LogP contribution in [-0.2, 0) is 22.6 Å². The number of hydrogen-bond acceptors (Lipinski definition) is 3. The summed E-state index contributed by atoms with van der Waals surface area (Å²) >= 11 is 3.55. The van der Waals surface area contributed by atoms with Crippen LogP contribution in [0.5, 0.6) is 0 Å². The lowest BCUT2D eigenvalue weighted by atomic mass is 10.1. The summed E-state index contributed by atoms with van der Waals surface area (Å²) in [7, 11) is 0. The summed E-state index contributed by atoms with van der Waals surface area (Å²) < 4.78 is 3.41. The molecule has 4 N–H and O–H groups in total. The van der Waals surface area contributed by atoms with E-state index in [1.165, 1.54) is 22.4 Å². The van der Waals surface area contributed by atoms with E-state index < -0.39 is 11.9 Å². The fourth-order valence-electron chi connectivity index (χ4n) is 2.72. The average Bonchev–Trinajstić information content (AvgIpc) is 3.05. The first-order valence-electron chi connectivity index (χ1n) is 7.64. The minimum atomic E-state index is -1.26. The number of aromatic nitrogens is 1. The summed E-state index contributed by atoms with van der Waals surface area (Å²) in [6.45, 7) is 2.92. The number of hydrogen-bond donors (Lipinski definition) is 3. The van der Waals surface area contributed by atoms with Crippen LogP contribution in [0.15, 0.2) is 47.1 Å². The Morgan fingerprint density at radius 1 is 1.24 bits per heavy atom. The smallest absolute Gasteiger partial charge is 0.328 e. The highest BCUT2D eigenvalue weighted by Crippen LogP contribution is 2.38. The number of carboxylic acids is 2. The number of rotatable bonds is 4. The van der Waals surface area contributed by atoms with Crippen molar-refractivity contribution < 1.29 is 19.8 Å². The average molecular weight is 407 g/mol. The number of halogens is 1. The van der Waals surface area contributed by atoms with Crippen molar-refractivity contribution in [2.24, 2.45) is 5.73 Å². The van der Waals surface area contributed by atoms with Crippen molar-refractivity contribution >= 4 is 27.9 Å². The monoisotopic (exact) mass is 406 g/mol. The molecular formula is C18H19BrN2O4. The lowest BCUT2D eigenvalue weighted by Gasteiger charge is -2.11. The van der Waals surface area contributed by atoms with Crippen molar-refractivity contribution in [2.75, 3.05) is 0 Å². The maximum absolute atomic E-state index is 9.55. The molecule has 0 unspecified atom stereocenters. The Morgan fingerprint density at radius 3 is 2.44 bits per heavy atom. The molecule has 0 spiro atoms. The van der Waals surface area contributed by atoms with Crippen LogP contribution in [0, 0.1) is 0 Å². The molecule has 1 aliphatic carbocycles. The molecule has 132 valence electrons. The molecule has 0 radical (unpaired) electrons. The van der Waals surface area contributed by atoms with Gasteiger partial charge < -0.3 is 20.5 Å². The van der Waals surface area contributed by atoms with Gasteiger partial charge >= 0.3 is 11.9 Å². The quantitative estimate of drug-likeness (QED) is 0.577. The first kappa shape index (κ1) is 19.0. The maximum atomic E-state index is 9.55. The third-order valence-electron chi connectivity index (χ3n) is 3.61. The lowest BCUT2D eigenvalue weighted by molar-refractivity contribution is -0.134. The maximum Gasteiger partial charge on any atom is 0.328 e. The van der Waals surface area contributed by atoms with Crippen LogP contribution < -0.4 is 5.73 Å². The van der Waals surface area contributed by atoms with Crippen molar-refractivity contribution in [1.29, 1.82) is 0 Å². The summed E-state index contributed by atoms with van der Waals surface area (Å²) in [4.78, 5) is 19.1. The van der Waals surface area contributed by atoms with Gasteiger partial charge in [-0.2, -0.15) is 0 Å². The molecule has 0 saturated heterocycles. The van der Waals surface area contributed by atoms with Crippen molar-refractivity contribution in [2.45, 2.75) is 25.9 Å². The Balaban J connectivity index is 0.000000242. The minimum absolute atomic E-state index is 0.183. The van der Waals surface area contributed by atoms with Gasteiger partial charge in [-0.15, -0.1) is 0 Å². The van der Waals surface area contributed by atoms with E-state index >= 15 is 0 Å². The number of carbonyl (C=O) groups is 2. The van der Waals surface area contributed by atoms with Crippen LogP contribution >= 0.6 is 15.9 Å². The van der Waals surface area contributed by atoms with Gasteiger partial charge in [0.2, 0.25) is 0 Å². The standard InChI is InChI=1S/C14H15BrN2.C4H4O4/c1-9(16)8-17-5-4-11-6-10-2-3-12(15)7-13(10)14(11)17;5-3(6)1-2-4(7)8/h2-5,7,9H,6,8,16H2,1H3;1-2H,(H,5,6)(H,7,8)/b;2-1+/t9-;/m0./s1. The molecule has 1 aromatic carbocycles. The zero-order valence-electron chi connectivity index (χ0n) is 13.6. The summed E-state index contributed by atoms with van der Waals surface area (Å²) in [5.41, 5.74) is 11.4. The number of nitrogens with two attached hydrogens (primary N) is 1. The number of benzene rings is 1. The van der Waals surface area contributed by atoms with Gasteiger partial charge in [0, 0.05) is 47.4 Å². The Morgan fingerprint density at radius 2 is 1.88 bits per heavy atom. The number of nitrogens with zero attached hydrogens (tertiary/aromatic N) is 1. The number of aliphatic carboxylic acids is 2. The molecular weight excluding hydrogens is 388 g/mol. The van der Waals surface area contributed by atoms with Crippen LogP contribution in [0.1, 0.15) is 18.1 Å². The van der Waals surface area contributed by atoms with Crippen LogP contribution in [0.25, 0.3) is 11.3 Å². The highest BCUT2D eigenvalue weighted by molar-refractivity contribution is 9.10. The van der Waals surface area contributed by atoms with E-state index in [-0.39, 0.29) is 6.04 Å². The Kier molecular flexibility index (Phi) is 6.17. The normalized spacial score (nSPS) is 12.9. The molecule has 0 aliphatic heterocycles. The molecule has 25 heavy (non-hydrogen) atoms. The van der Waals surface area contributed by atoms with E-state index in [9.17, 15) is 9.59 Å². The Bertz CT molecular complexity index is 808. The van der Waals surface area contributed by atoms with Gasteiger partial charge in [-0.3, -0.25) is 0 Å². The Hall–Kier alpha value is -2.38. The van der Waals surface area contributed by atoms with Crippen LogP contribution in [0.2, 0.25) is 0 Å². The zero-order valence-corrected chi connectivity index (χ0v) is 15.2. The van der Waals surface area contributed by atoms with E-state index in [0.717, 1.165) is 17.4 Å². The lowest BCUT2D eigenvalue weighted by Crippen LogP contribution is -2.22. The molecule has 1 aliphatic rings. The van der Waals surface area contributed by atoms with Gasteiger partial charge in [0.25, 0.3) is 0 Å². The van der Waals surface area contributed by atoms with Crippen LogP contribution in [0.3, 0.4) is 0 Å². The van der Waals surface area contributed by atoms with Crippen molar-refractivity contribution in [3.8, 4) is 11.3 Å². The van der Waals surface area contributed by atoms with Gasteiger partial charge in [-0.25, -0.2) is 9.59 Å². The first-order chi connectivity index (χ1) is 11.8. The van der Waals surface area contributed by atoms with Crippen LogP contribution in [-0.4, -0.2) is 32.8 Å². The Labute approximate surface area is 153 Å². The molecule has 7 heteroatoms. The van der Waals surface area contributed by atoms with E-state index in [4.69, 9.17) is 15.9 Å². The van der Waals surface area contributed by atoms with Crippen molar-refractivity contribution in [3.63, 3.8) is 0 Å². The van der Waals surface area contributed by atoms with E-state index in [0.29, 0.717) is 12.2 Å².